The largest absolute Gasteiger partial charge is 0.394 e. The average Bonchev–Trinajstić information content (AvgIpc) is 3.21. The first-order valence-electron chi connectivity index (χ1n) is 8.97. The van der Waals surface area contributed by atoms with Gasteiger partial charge in [-0.05, 0) is 12.0 Å². The number of alkyl halides is 3. The molecule has 168 valence electrons. The second-order valence-corrected chi connectivity index (χ2v) is 8.80. The Bertz CT molecular complexity index is 886. The number of imidazole rings is 1. The third-order valence-corrected chi connectivity index (χ3v) is 6.25. The molecule has 3 rings (SSSR count). The molecule has 3 heterocycles. The number of anilines is 1. The van der Waals surface area contributed by atoms with E-state index in [9.17, 15) is 28.5 Å². The van der Waals surface area contributed by atoms with Crippen LogP contribution in [0.25, 0.3) is 11.2 Å². The highest BCUT2D eigenvalue weighted by atomic mass is 32.2. The molecule has 0 bridgehead atoms. The van der Waals surface area contributed by atoms with Crippen LogP contribution in [-0.2, 0) is 10.5 Å². The number of ether oxygens (including phenoxy) is 1. The van der Waals surface area contributed by atoms with Crippen LogP contribution < -0.4 is 5.73 Å². The Balaban J connectivity index is 2.02. The molecular formula is C16H22F3N5O4S2. The summed E-state index contributed by atoms with van der Waals surface area (Å²) in [6.45, 7) is -0.512. The van der Waals surface area contributed by atoms with E-state index in [4.69, 9.17) is 10.5 Å². The Kier molecular flexibility index (Phi) is 7.04. The molecule has 0 aromatic carbocycles. The van der Waals surface area contributed by atoms with E-state index < -0.39 is 43.2 Å². The molecule has 1 fully saturated rings. The highest BCUT2D eigenvalue weighted by molar-refractivity contribution is 7.99. The van der Waals surface area contributed by atoms with Gasteiger partial charge in [0.15, 0.2) is 22.3 Å². The van der Waals surface area contributed by atoms with E-state index in [2.05, 4.69) is 15.0 Å². The van der Waals surface area contributed by atoms with Crippen LogP contribution in [0.4, 0.5) is 19.0 Å². The van der Waals surface area contributed by atoms with E-state index in [0.717, 1.165) is 11.8 Å². The Morgan fingerprint density at radius 1 is 1.30 bits per heavy atom. The maximum absolute atomic E-state index is 12.4. The van der Waals surface area contributed by atoms with Crippen LogP contribution in [-0.4, -0.2) is 83.7 Å². The third kappa shape index (κ3) is 4.48. The fourth-order valence-electron chi connectivity index (χ4n) is 3.29. The predicted molar refractivity (Wildman–Crippen MR) is 106 cm³/mol. The van der Waals surface area contributed by atoms with Crippen LogP contribution in [0.2, 0.25) is 0 Å². The molecule has 0 aliphatic carbocycles. The Morgan fingerprint density at radius 3 is 2.63 bits per heavy atom. The van der Waals surface area contributed by atoms with Gasteiger partial charge in [-0.1, -0.05) is 11.8 Å². The molecule has 9 nitrogen and oxygen atoms in total. The van der Waals surface area contributed by atoms with Gasteiger partial charge in [-0.25, -0.2) is 15.0 Å². The standard InChI is InChI=1S/C16H22F3N5O4S2/c1-29-4-2-15(11(27)10(26)8(6-25)28-15)24-7-21-9-12(20)22-14(23-13(9)24)30-5-3-16(17,18)19/h7-8,10-11,25-27H,2-6H2,1H3,(H2,20,22,23)/t8-,10-,11-,15-/m1/s1. The van der Waals surface area contributed by atoms with E-state index in [1.165, 1.54) is 22.7 Å². The van der Waals surface area contributed by atoms with Gasteiger partial charge in [0.1, 0.15) is 23.8 Å². The summed E-state index contributed by atoms with van der Waals surface area (Å²) in [6.07, 6.45) is -5.67. The van der Waals surface area contributed by atoms with E-state index in [1.807, 2.05) is 6.26 Å². The lowest BCUT2D eigenvalue weighted by molar-refractivity contribution is -0.147. The number of hydrogen-bond donors (Lipinski definition) is 4. The second kappa shape index (κ2) is 9.04. The number of aromatic nitrogens is 4. The molecular weight excluding hydrogens is 447 g/mol. The molecule has 0 radical (unpaired) electrons. The van der Waals surface area contributed by atoms with Gasteiger partial charge in [-0.3, -0.25) is 4.57 Å². The smallest absolute Gasteiger partial charge is 0.389 e. The van der Waals surface area contributed by atoms with Crippen molar-refractivity contribution in [2.75, 3.05) is 30.1 Å². The molecule has 0 amide bonds. The summed E-state index contributed by atoms with van der Waals surface area (Å²) in [6, 6.07) is 0. The van der Waals surface area contributed by atoms with Crippen LogP contribution >= 0.6 is 23.5 Å². The number of fused-ring (bicyclic) bond motifs is 1. The molecule has 14 heteroatoms. The summed E-state index contributed by atoms with van der Waals surface area (Å²) in [5, 5.41) is 30.6. The first-order valence-corrected chi connectivity index (χ1v) is 11.3. The average molecular weight is 470 g/mol. The summed E-state index contributed by atoms with van der Waals surface area (Å²) < 4.78 is 44.6. The number of nitrogen functional groups attached to an aromatic ring is 1. The zero-order valence-electron chi connectivity index (χ0n) is 15.9. The van der Waals surface area contributed by atoms with Crippen molar-refractivity contribution in [1.29, 1.82) is 0 Å². The number of nitrogens with zero attached hydrogens (tertiary/aromatic N) is 4. The molecule has 0 unspecified atom stereocenters. The van der Waals surface area contributed by atoms with Gasteiger partial charge in [-0.2, -0.15) is 24.9 Å². The molecule has 4 atom stereocenters. The van der Waals surface area contributed by atoms with Crippen molar-refractivity contribution in [3.05, 3.63) is 6.33 Å². The molecule has 1 saturated heterocycles. The van der Waals surface area contributed by atoms with Crippen LogP contribution in [0.1, 0.15) is 12.8 Å². The first-order chi connectivity index (χ1) is 14.1. The lowest BCUT2D eigenvalue weighted by Crippen LogP contribution is -2.46. The predicted octanol–water partition coefficient (Wildman–Crippen LogP) is 0.972. The minimum absolute atomic E-state index is 0.0257. The van der Waals surface area contributed by atoms with Crippen molar-refractivity contribution in [1.82, 2.24) is 19.5 Å². The first kappa shape index (κ1) is 23.3. The van der Waals surface area contributed by atoms with Crippen molar-refractivity contribution in [3.63, 3.8) is 0 Å². The maximum Gasteiger partial charge on any atom is 0.389 e. The van der Waals surface area contributed by atoms with Crippen molar-refractivity contribution in [2.45, 2.75) is 48.2 Å². The second-order valence-electron chi connectivity index (χ2n) is 6.75. The van der Waals surface area contributed by atoms with Gasteiger partial charge in [-0.15, -0.1) is 0 Å². The van der Waals surface area contributed by atoms with E-state index >= 15 is 0 Å². The van der Waals surface area contributed by atoms with Crippen molar-refractivity contribution >= 4 is 40.5 Å². The van der Waals surface area contributed by atoms with Gasteiger partial charge < -0.3 is 25.8 Å². The fourth-order valence-corrected chi connectivity index (χ4v) is 4.62. The van der Waals surface area contributed by atoms with Gasteiger partial charge in [0, 0.05) is 12.2 Å². The third-order valence-electron chi connectivity index (χ3n) is 4.79. The molecule has 2 aromatic heterocycles. The van der Waals surface area contributed by atoms with Crippen LogP contribution in [0.5, 0.6) is 0 Å². The highest BCUT2D eigenvalue weighted by Gasteiger charge is 2.55. The molecule has 1 aliphatic heterocycles. The highest BCUT2D eigenvalue weighted by Crippen LogP contribution is 2.41. The maximum atomic E-state index is 12.4. The summed E-state index contributed by atoms with van der Waals surface area (Å²) in [7, 11) is 0. The summed E-state index contributed by atoms with van der Waals surface area (Å²) >= 11 is 2.28. The molecule has 0 spiro atoms. The minimum atomic E-state index is -4.30. The summed E-state index contributed by atoms with van der Waals surface area (Å²) in [4.78, 5) is 12.5. The molecule has 0 saturated carbocycles. The zero-order valence-corrected chi connectivity index (χ0v) is 17.5. The Morgan fingerprint density at radius 2 is 2.03 bits per heavy atom. The number of rotatable bonds is 8. The van der Waals surface area contributed by atoms with Crippen molar-refractivity contribution in [3.8, 4) is 0 Å². The van der Waals surface area contributed by atoms with Gasteiger partial charge >= 0.3 is 6.18 Å². The van der Waals surface area contributed by atoms with Gasteiger partial charge in [0.05, 0.1) is 19.4 Å². The van der Waals surface area contributed by atoms with Gasteiger partial charge in [0.2, 0.25) is 0 Å². The summed E-state index contributed by atoms with van der Waals surface area (Å²) in [5.74, 6) is 0.222. The van der Waals surface area contributed by atoms with Crippen LogP contribution in [0.15, 0.2) is 11.5 Å². The number of halogens is 3. The molecule has 2 aromatic rings. The Hall–Kier alpha value is -1.32. The Labute approximate surface area is 178 Å². The fraction of sp³-hybridized carbons (Fsp3) is 0.688. The lowest BCUT2D eigenvalue weighted by atomic mass is 10.00. The van der Waals surface area contributed by atoms with Crippen LogP contribution in [0, 0.1) is 0 Å². The number of aliphatic hydroxyl groups excluding tert-OH is 3. The number of aliphatic hydroxyl groups is 3. The zero-order chi connectivity index (χ0) is 22.1. The van der Waals surface area contributed by atoms with Gasteiger partial charge in [0.25, 0.3) is 0 Å². The molecule has 30 heavy (non-hydrogen) atoms. The number of nitrogens with two attached hydrogens (primary N) is 1. The SMILES string of the molecule is CSCC[C@@]1(n2cnc3c(N)nc(SCCC(F)(F)F)nc32)O[C@H](CO)[C@@H](O)[C@H]1O. The molecule has 5 N–H and O–H groups in total. The van der Waals surface area contributed by atoms with Crippen molar-refractivity contribution in [2.24, 2.45) is 0 Å². The van der Waals surface area contributed by atoms with E-state index in [-0.39, 0.29) is 34.3 Å². The van der Waals surface area contributed by atoms with Crippen molar-refractivity contribution < 1.29 is 33.2 Å². The summed E-state index contributed by atoms with van der Waals surface area (Å²) in [5.41, 5.74) is 4.79. The normalized spacial score (nSPS) is 27.2. The topological polar surface area (TPSA) is 140 Å². The monoisotopic (exact) mass is 469 g/mol. The minimum Gasteiger partial charge on any atom is -0.394 e. The number of hydrogen-bond acceptors (Lipinski definition) is 10. The van der Waals surface area contributed by atoms with Crippen LogP contribution in [0.3, 0.4) is 0 Å². The lowest BCUT2D eigenvalue weighted by Gasteiger charge is -2.33. The molecule has 1 aliphatic rings. The van der Waals surface area contributed by atoms with E-state index in [0.29, 0.717) is 5.75 Å². The quantitative estimate of drug-likeness (QED) is 0.327. The van der Waals surface area contributed by atoms with E-state index in [1.54, 1.807) is 0 Å². The number of thioether (sulfide) groups is 2.